The maximum absolute atomic E-state index is 4.38. The van der Waals surface area contributed by atoms with Crippen molar-refractivity contribution in [3.8, 4) is 0 Å². The molecule has 2 aromatic rings. The lowest BCUT2D eigenvalue weighted by Gasteiger charge is -2.13. The Kier molecular flexibility index (Phi) is 4.28. The van der Waals surface area contributed by atoms with Gasteiger partial charge in [0.1, 0.15) is 0 Å². The Morgan fingerprint density at radius 2 is 1.92 bits per heavy atom. The largest absolute Gasteiger partial charge is 0.0949 e. The van der Waals surface area contributed by atoms with Crippen LogP contribution in [-0.4, -0.2) is 0 Å². The summed E-state index contributed by atoms with van der Waals surface area (Å²) in [6, 6.07) is 17.5. The van der Waals surface area contributed by atoms with Crippen molar-refractivity contribution in [2.45, 2.75) is 32.6 Å². The number of rotatable bonds is 5. The van der Waals surface area contributed by atoms with Crippen molar-refractivity contribution in [3.63, 3.8) is 0 Å². The number of hydrogen-bond acceptors (Lipinski definition) is 0. The summed E-state index contributed by atoms with van der Waals surface area (Å²) in [7, 11) is 0. The zero-order valence-electron chi connectivity index (χ0n) is 14.9. The summed E-state index contributed by atoms with van der Waals surface area (Å²) >= 11 is 0. The van der Waals surface area contributed by atoms with Crippen LogP contribution in [0.3, 0.4) is 0 Å². The Hall–Kier alpha value is -2.60. The minimum absolute atomic E-state index is 0.937. The van der Waals surface area contributed by atoms with Gasteiger partial charge in [0.05, 0.1) is 0 Å². The summed E-state index contributed by atoms with van der Waals surface area (Å²) in [4.78, 5) is 0. The van der Waals surface area contributed by atoms with Gasteiger partial charge in [0.15, 0.2) is 0 Å². The second-order valence-electron chi connectivity index (χ2n) is 6.96. The fourth-order valence-corrected chi connectivity index (χ4v) is 3.86. The Balaban J connectivity index is 1.52. The molecule has 2 aliphatic rings. The highest BCUT2D eigenvalue weighted by molar-refractivity contribution is 5.74. The molecule has 0 aromatic heterocycles. The SMILES string of the molecule is C=C(CC1=CCC=C1C1=Cc2ccccc2C1)c1cccc(CC)c1. The van der Waals surface area contributed by atoms with Crippen LogP contribution in [0.4, 0.5) is 0 Å². The Morgan fingerprint density at radius 3 is 2.76 bits per heavy atom. The normalized spacial score (nSPS) is 15.5. The van der Waals surface area contributed by atoms with Gasteiger partial charge in [-0.3, -0.25) is 0 Å². The van der Waals surface area contributed by atoms with Gasteiger partial charge in [-0.25, -0.2) is 0 Å². The quantitative estimate of drug-likeness (QED) is 0.585. The number of benzene rings is 2. The molecule has 0 N–H and O–H groups in total. The van der Waals surface area contributed by atoms with Crippen LogP contribution in [0.2, 0.25) is 0 Å². The van der Waals surface area contributed by atoms with E-state index in [1.165, 1.54) is 44.5 Å². The van der Waals surface area contributed by atoms with E-state index < -0.39 is 0 Å². The molecule has 25 heavy (non-hydrogen) atoms. The molecule has 0 unspecified atom stereocenters. The summed E-state index contributed by atoms with van der Waals surface area (Å²) in [5.41, 5.74) is 11.0. The molecule has 0 nitrogen and oxygen atoms in total. The third-order valence-electron chi connectivity index (χ3n) is 5.29. The summed E-state index contributed by atoms with van der Waals surface area (Å²) in [6.45, 7) is 6.58. The molecule has 0 aliphatic heterocycles. The van der Waals surface area contributed by atoms with Crippen molar-refractivity contribution in [1.82, 2.24) is 0 Å². The Morgan fingerprint density at radius 1 is 1.04 bits per heavy atom. The Labute approximate surface area is 150 Å². The van der Waals surface area contributed by atoms with Gasteiger partial charge in [-0.05, 0) is 70.2 Å². The van der Waals surface area contributed by atoms with Crippen molar-refractivity contribution < 1.29 is 0 Å². The van der Waals surface area contributed by atoms with Crippen LogP contribution < -0.4 is 0 Å². The number of hydrogen-bond donors (Lipinski definition) is 0. The molecular weight excluding hydrogens is 300 g/mol. The topological polar surface area (TPSA) is 0 Å². The van der Waals surface area contributed by atoms with E-state index >= 15 is 0 Å². The minimum atomic E-state index is 0.937. The molecular formula is C25H24. The molecule has 0 heteroatoms. The highest BCUT2D eigenvalue weighted by Crippen LogP contribution is 2.38. The molecule has 0 amide bonds. The molecule has 0 saturated heterocycles. The van der Waals surface area contributed by atoms with E-state index in [9.17, 15) is 0 Å². The summed E-state index contributed by atoms with van der Waals surface area (Å²) < 4.78 is 0. The summed E-state index contributed by atoms with van der Waals surface area (Å²) in [6.07, 6.45) is 11.2. The smallest absolute Gasteiger partial charge is 0.00137 e. The molecule has 0 heterocycles. The van der Waals surface area contributed by atoms with Gasteiger partial charge in [-0.1, -0.05) is 80.3 Å². The van der Waals surface area contributed by atoms with Gasteiger partial charge in [-0.15, -0.1) is 0 Å². The minimum Gasteiger partial charge on any atom is -0.0949 e. The van der Waals surface area contributed by atoms with Crippen molar-refractivity contribution >= 4 is 11.6 Å². The van der Waals surface area contributed by atoms with E-state index in [-0.39, 0.29) is 0 Å². The van der Waals surface area contributed by atoms with Crippen LogP contribution >= 0.6 is 0 Å². The monoisotopic (exact) mass is 324 g/mol. The number of fused-ring (bicyclic) bond motifs is 1. The fourth-order valence-electron chi connectivity index (χ4n) is 3.86. The van der Waals surface area contributed by atoms with E-state index in [0.29, 0.717) is 0 Å². The van der Waals surface area contributed by atoms with E-state index in [1.54, 1.807) is 0 Å². The van der Waals surface area contributed by atoms with Gasteiger partial charge >= 0.3 is 0 Å². The molecule has 4 rings (SSSR count). The van der Waals surface area contributed by atoms with Crippen LogP contribution in [0.25, 0.3) is 11.6 Å². The average molecular weight is 324 g/mol. The fraction of sp³-hybridized carbons (Fsp3) is 0.200. The summed E-state index contributed by atoms with van der Waals surface area (Å²) in [5.74, 6) is 0. The van der Waals surface area contributed by atoms with Gasteiger partial charge in [0.25, 0.3) is 0 Å². The molecule has 0 atom stereocenters. The van der Waals surface area contributed by atoms with Gasteiger partial charge < -0.3 is 0 Å². The standard InChI is InChI=1S/C25H24/c1-3-19-8-6-11-20(15-19)18(2)14-23-12-7-13-25(23)24-16-21-9-4-5-10-22(21)17-24/h4-6,8-13,15-16H,2-3,7,14,17H2,1H3. The lowest BCUT2D eigenvalue weighted by molar-refractivity contribution is 1.13. The Bertz CT molecular complexity index is 919. The maximum atomic E-state index is 4.38. The third kappa shape index (κ3) is 3.17. The van der Waals surface area contributed by atoms with Crippen LogP contribution in [0.15, 0.2) is 84.0 Å². The van der Waals surface area contributed by atoms with E-state index in [4.69, 9.17) is 0 Å². The molecule has 0 spiro atoms. The molecule has 0 saturated carbocycles. The van der Waals surface area contributed by atoms with Crippen molar-refractivity contribution in [3.05, 3.63) is 106 Å². The first-order valence-corrected chi connectivity index (χ1v) is 9.20. The molecule has 124 valence electrons. The van der Waals surface area contributed by atoms with Gasteiger partial charge in [-0.2, -0.15) is 0 Å². The predicted octanol–water partition coefficient (Wildman–Crippen LogP) is 6.55. The molecule has 2 aromatic carbocycles. The molecule has 2 aliphatic carbocycles. The first kappa shape index (κ1) is 15.9. The zero-order chi connectivity index (χ0) is 17.2. The highest BCUT2D eigenvalue weighted by Gasteiger charge is 2.20. The number of allylic oxidation sites excluding steroid dienone is 6. The first-order chi connectivity index (χ1) is 12.2. The second-order valence-corrected chi connectivity index (χ2v) is 6.96. The van der Waals surface area contributed by atoms with Crippen LogP contribution in [0, 0.1) is 0 Å². The van der Waals surface area contributed by atoms with Gasteiger partial charge in [0, 0.05) is 0 Å². The van der Waals surface area contributed by atoms with Crippen LogP contribution in [-0.2, 0) is 12.8 Å². The summed E-state index contributed by atoms with van der Waals surface area (Å²) in [5, 5.41) is 0. The lowest BCUT2D eigenvalue weighted by Crippen LogP contribution is -1.95. The van der Waals surface area contributed by atoms with Crippen LogP contribution in [0.5, 0.6) is 0 Å². The lowest BCUT2D eigenvalue weighted by atomic mass is 9.91. The van der Waals surface area contributed by atoms with Crippen molar-refractivity contribution in [1.29, 1.82) is 0 Å². The second kappa shape index (κ2) is 6.72. The van der Waals surface area contributed by atoms with Crippen molar-refractivity contribution in [2.24, 2.45) is 0 Å². The molecule has 0 radical (unpaired) electrons. The van der Waals surface area contributed by atoms with Crippen LogP contribution in [0.1, 0.15) is 42.0 Å². The highest BCUT2D eigenvalue weighted by atomic mass is 14.2. The average Bonchev–Trinajstić information content (AvgIpc) is 3.27. The van der Waals surface area contributed by atoms with Crippen molar-refractivity contribution in [2.75, 3.05) is 0 Å². The van der Waals surface area contributed by atoms with Gasteiger partial charge in [0.2, 0.25) is 0 Å². The number of aryl methyl sites for hydroxylation is 1. The van der Waals surface area contributed by atoms with E-state index in [2.05, 4.69) is 80.3 Å². The maximum Gasteiger partial charge on any atom is -0.00137 e. The predicted molar refractivity (Wildman–Crippen MR) is 108 cm³/mol. The van der Waals surface area contributed by atoms with E-state index in [0.717, 1.165) is 25.7 Å². The first-order valence-electron chi connectivity index (χ1n) is 9.20. The molecule has 0 bridgehead atoms. The van der Waals surface area contributed by atoms with E-state index in [1.807, 2.05) is 0 Å². The zero-order valence-corrected chi connectivity index (χ0v) is 14.9. The molecule has 0 fully saturated rings. The third-order valence-corrected chi connectivity index (χ3v) is 5.29.